The fourth-order valence-corrected chi connectivity index (χ4v) is 6.08. The van der Waals surface area contributed by atoms with Gasteiger partial charge in [-0.2, -0.15) is 0 Å². The Hall–Kier alpha value is -0.120. The van der Waals surface area contributed by atoms with Crippen molar-refractivity contribution in [2.75, 3.05) is 13.2 Å². The Morgan fingerprint density at radius 1 is 1.04 bits per heavy atom. The molecule has 0 aliphatic heterocycles. The number of aliphatic hydroxyl groups is 3. The molecule has 2 fully saturated rings. The molecule has 2 saturated carbocycles. The first-order valence-electron chi connectivity index (χ1n) is 9.64. The van der Waals surface area contributed by atoms with Gasteiger partial charge in [0.25, 0.3) is 0 Å². The van der Waals surface area contributed by atoms with E-state index in [-0.39, 0.29) is 24.0 Å². The van der Waals surface area contributed by atoms with Crippen molar-refractivity contribution in [3.63, 3.8) is 0 Å². The Balaban J connectivity index is 2.22. The molecule has 0 unspecified atom stereocenters. The van der Waals surface area contributed by atoms with E-state index in [2.05, 4.69) is 20.8 Å². The molecular formula is C20H38O3. The van der Waals surface area contributed by atoms with Gasteiger partial charge in [-0.05, 0) is 74.0 Å². The Labute approximate surface area is 142 Å². The monoisotopic (exact) mass is 326 g/mol. The van der Waals surface area contributed by atoms with Crippen LogP contribution in [0, 0.1) is 28.6 Å². The maximum atomic E-state index is 11.1. The minimum absolute atomic E-state index is 0.0124. The van der Waals surface area contributed by atoms with Gasteiger partial charge in [0.1, 0.15) is 0 Å². The van der Waals surface area contributed by atoms with Crippen LogP contribution in [0.5, 0.6) is 0 Å². The molecule has 0 aromatic heterocycles. The third-order valence-corrected chi connectivity index (χ3v) is 7.52. The largest absolute Gasteiger partial charge is 0.396 e. The van der Waals surface area contributed by atoms with Crippen molar-refractivity contribution in [2.24, 2.45) is 28.6 Å². The molecule has 0 heterocycles. The van der Waals surface area contributed by atoms with Gasteiger partial charge in [0.2, 0.25) is 0 Å². The van der Waals surface area contributed by atoms with E-state index in [4.69, 9.17) is 5.11 Å². The SMILES string of the molecule is C[C@@H](CCO)CC[C@@H]1[C@@]2(C)CCC[C@@](C)(CO)[C@@H]2CC[C@@]1(C)O. The maximum absolute atomic E-state index is 11.1. The molecule has 3 heteroatoms. The van der Waals surface area contributed by atoms with Crippen molar-refractivity contribution in [3.05, 3.63) is 0 Å². The van der Waals surface area contributed by atoms with E-state index in [0.717, 1.165) is 44.9 Å². The van der Waals surface area contributed by atoms with Crippen LogP contribution in [-0.2, 0) is 0 Å². The molecule has 0 aromatic carbocycles. The average molecular weight is 327 g/mol. The van der Waals surface area contributed by atoms with Gasteiger partial charge in [0.05, 0.1) is 5.60 Å². The van der Waals surface area contributed by atoms with Crippen LogP contribution in [0.25, 0.3) is 0 Å². The summed E-state index contributed by atoms with van der Waals surface area (Å²) in [7, 11) is 0. The van der Waals surface area contributed by atoms with E-state index in [1.54, 1.807) is 0 Å². The fraction of sp³-hybridized carbons (Fsp3) is 1.00. The summed E-state index contributed by atoms with van der Waals surface area (Å²) in [4.78, 5) is 0. The zero-order valence-electron chi connectivity index (χ0n) is 15.6. The molecule has 0 bridgehead atoms. The second-order valence-electron chi connectivity index (χ2n) is 9.37. The van der Waals surface area contributed by atoms with Crippen LogP contribution in [0.15, 0.2) is 0 Å². The molecule has 23 heavy (non-hydrogen) atoms. The van der Waals surface area contributed by atoms with Crippen LogP contribution in [0.1, 0.15) is 79.1 Å². The maximum Gasteiger partial charge on any atom is 0.0653 e. The van der Waals surface area contributed by atoms with Crippen molar-refractivity contribution < 1.29 is 15.3 Å². The van der Waals surface area contributed by atoms with E-state index in [1.807, 2.05) is 6.92 Å². The molecule has 2 rings (SSSR count). The summed E-state index contributed by atoms with van der Waals surface area (Å²) in [5, 5.41) is 30.3. The predicted molar refractivity (Wildman–Crippen MR) is 94.1 cm³/mol. The summed E-state index contributed by atoms with van der Waals surface area (Å²) < 4.78 is 0. The number of hydrogen-bond donors (Lipinski definition) is 3. The van der Waals surface area contributed by atoms with E-state index in [1.165, 1.54) is 6.42 Å². The first-order valence-corrected chi connectivity index (χ1v) is 9.64. The highest BCUT2D eigenvalue weighted by Crippen LogP contribution is 2.63. The molecule has 0 spiro atoms. The number of aliphatic hydroxyl groups excluding tert-OH is 2. The Bertz CT molecular complexity index is 394. The van der Waals surface area contributed by atoms with Gasteiger partial charge in [-0.25, -0.2) is 0 Å². The summed E-state index contributed by atoms with van der Waals surface area (Å²) in [6.45, 7) is 9.38. The highest BCUT2D eigenvalue weighted by Gasteiger charge is 2.58. The van der Waals surface area contributed by atoms with Gasteiger partial charge in [-0.1, -0.05) is 33.6 Å². The van der Waals surface area contributed by atoms with Crippen LogP contribution >= 0.6 is 0 Å². The first-order chi connectivity index (χ1) is 10.7. The Morgan fingerprint density at radius 3 is 2.35 bits per heavy atom. The topological polar surface area (TPSA) is 60.7 Å². The Kier molecular flexibility index (Phi) is 5.86. The van der Waals surface area contributed by atoms with E-state index < -0.39 is 5.60 Å². The van der Waals surface area contributed by atoms with E-state index in [9.17, 15) is 10.2 Å². The quantitative estimate of drug-likeness (QED) is 0.696. The van der Waals surface area contributed by atoms with Crippen LogP contribution in [-0.4, -0.2) is 34.1 Å². The normalized spacial score (nSPS) is 45.5. The van der Waals surface area contributed by atoms with Crippen LogP contribution in [0.2, 0.25) is 0 Å². The van der Waals surface area contributed by atoms with Crippen LogP contribution in [0.3, 0.4) is 0 Å². The minimum Gasteiger partial charge on any atom is -0.396 e. The lowest BCUT2D eigenvalue weighted by atomic mass is 9.45. The minimum atomic E-state index is -0.599. The summed E-state index contributed by atoms with van der Waals surface area (Å²) in [6, 6.07) is 0. The standard InChI is InChI=1S/C20H38O3/c1-15(9-13-21)6-7-17-19(3)11-5-10-18(2,14-22)16(19)8-12-20(17,4)23/h15-17,21-23H,5-14H2,1-4H3/t15-,16+,17-,18+,19+,20-/m1/s1. The first kappa shape index (κ1) is 19.2. The summed E-state index contributed by atoms with van der Waals surface area (Å²) in [5.74, 6) is 1.31. The van der Waals surface area contributed by atoms with Gasteiger partial charge in [-0.15, -0.1) is 0 Å². The highest BCUT2D eigenvalue weighted by molar-refractivity contribution is 5.08. The molecule has 3 nitrogen and oxygen atoms in total. The predicted octanol–water partition coefficient (Wildman–Crippen LogP) is 3.75. The molecule has 0 amide bonds. The van der Waals surface area contributed by atoms with Gasteiger partial charge in [-0.3, -0.25) is 0 Å². The van der Waals surface area contributed by atoms with Crippen molar-refractivity contribution >= 4 is 0 Å². The smallest absolute Gasteiger partial charge is 0.0653 e. The molecule has 2 aliphatic rings. The van der Waals surface area contributed by atoms with Crippen LogP contribution in [0.4, 0.5) is 0 Å². The second-order valence-corrected chi connectivity index (χ2v) is 9.37. The fourth-order valence-electron chi connectivity index (χ4n) is 6.08. The molecule has 2 aliphatic carbocycles. The average Bonchev–Trinajstić information content (AvgIpc) is 2.46. The third kappa shape index (κ3) is 3.62. The van der Waals surface area contributed by atoms with E-state index >= 15 is 0 Å². The summed E-state index contributed by atoms with van der Waals surface area (Å²) in [6.07, 6.45) is 8.27. The number of hydrogen-bond acceptors (Lipinski definition) is 3. The van der Waals surface area contributed by atoms with E-state index in [0.29, 0.717) is 17.8 Å². The van der Waals surface area contributed by atoms with Crippen molar-refractivity contribution in [3.8, 4) is 0 Å². The lowest BCUT2D eigenvalue weighted by Crippen LogP contribution is -2.58. The number of fused-ring (bicyclic) bond motifs is 1. The van der Waals surface area contributed by atoms with Gasteiger partial charge < -0.3 is 15.3 Å². The molecule has 136 valence electrons. The zero-order chi connectivity index (χ0) is 17.3. The summed E-state index contributed by atoms with van der Waals surface area (Å²) >= 11 is 0. The van der Waals surface area contributed by atoms with Crippen molar-refractivity contribution in [1.82, 2.24) is 0 Å². The molecule has 6 atom stereocenters. The zero-order valence-corrected chi connectivity index (χ0v) is 15.6. The molecular weight excluding hydrogens is 288 g/mol. The van der Waals surface area contributed by atoms with Gasteiger partial charge in [0, 0.05) is 13.2 Å². The second kappa shape index (κ2) is 7.01. The van der Waals surface area contributed by atoms with Crippen molar-refractivity contribution in [2.45, 2.75) is 84.7 Å². The highest BCUT2D eigenvalue weighted by atomic mass is 16.3. The van der Waals surface area contributed by atoms with Crippen molar-refractivity contribution in [1.29, 1.82) is 0 Å². The van der Waals surface area contributed by atoms with Crippen LogP contribution < -0.4 is 0 Å². The van der Waals surface area contributed by atoms with Gasteiger partial charge in [0.15, 0.2) is 0 Å². The Morgan fingerprint density at radius 2 is 1.74 bits per heavy atom. The summed E-state index contributed by atoms with van der Waals surface area (Å²) in [5.41, 5.74) is -0.466. The molecule has 3 N–H and O–H groups in total. The molecule has 0 saturated heterocycles. The molecule has 0 radical (unpaired) electrons. The third-order valence-electron chi connectivity index (χ3n) is 7.52. The lowest BCUT2D eigenvalue weighted by molar-refractivity contribution is -0.180. The molecule has 0 aromatic rings. The van der Waals surface area contributed by atoms with Gasteiger partial charge >= 0.3 is 0 Å². The number of rotatable bonds is 6. The lowest BCUT2D eigenvalue weighted by Gasteiger charge is -2.61.